The van der Waals surface area contributed by atoms with E-state index in [1.165, 1.54) is 64.2 Å². The van der Waals surface area contributed by atoms with Gasteiger partial charge in [0.1, 0.15) is 11.2 Å². The lowest BCUT2D eigenvalue weighted by Crippen LogP contribution is -2.74. The van der Waals surface area contributed by atoms with Gasteiger partial charge in [0.15, 0.2) is 25.5 Å². The van der Waals surface area contributed by atoms with Crippen molar-refractivity contribution in [3.8, 4) is 56.4 Å². The standard InChI is InChI=1S/C69H45N3OSi/c1-5-18-46(19-6-1)67-70-68(47-32-37-56(38-33-47)74(53-22-7-2-8-23-53,54-24-9-3-10-25-54)55-26-11-4-12-27-55)72-69(71-67)52-36-41-63-62-40-35-51(44-65(62)73-66(63)45-52)49-21-17-20-48(42-49)50-34-39-61-59-30-14-13-28-57(59)58-29-15-16-31-60(58)64(61)43-50/h1-45H. The molecule has 0 unspecified atom stereocenters. The van der Waals surface area contributed by atoms with Crippen molar-refractivity contribution >= 4 is 83.1 Å². The number of furan rings is 1. The number of hydrogen-bond acceptors (Lipinski definition) is 4. The van der Waals surface area contributed by atoms with Crippen LogP contribution in [0, 0.1) is 0 Å². The van der Waals surface area contributed by atoms with E-state index in [1.807, 2.05) is 30.3 Å². The van der Waals surface area contributed by atoms with Gasteiger partial charge in [-0.3, -0.25) is 0 Å². The van der Waals surface area contributed by atoms with Crippen LogP contribution in [0.3, 0.4) is 0 Å². The zero-order valence-electron chi connectivity index (χ0n) is 40.2. The quantitative estimate of drug-likeness (QED) is 0.0822. The summed E-state index contributed by atoms with van der Waals surface area (Å²) in [4.78, 5) is 15.4. The Balaban J connectivity index is 0.829. The molecular weight excluding hydrogens is 915 g/mol. The first-order valence-electron chi connectivity index (χ1n) is 25.2. The Morgan fingerprint density at radius 2 is 0.541 bits per heavy atom. The third kappa shape index (κ3) is 7.32. The van der Waals surface area contributed by atoms with Gasteiger partial charge in [-0.1, -0.05) is 237 Å². The van der Waals surface area contributed by atoms with E-state index in [9.17, 15) is 0 Å². The lowest BCUT2D eigenvalue weighted by atomic mass is 9.91. The van der Waals surface area contributed by atoms with E-state index in [2.05, 4.69) is 243 Å². The molecule has 5 heteroatoms. The molecule has 0 amide bonds. The molecule has 0 saturated carbocycles. The monoisotopic (exact) mass is 959 g/mol. The van der Waals surface area contributed by atoms with Gasteiger partial charge in [0, 0.05) is 27.5 Å². The summed E-state index contributed by atoms with van der Waals surface area (Å²) in [5, 5.41) is 15.0. The van der Waals surface area contributed by atoms with E-state index >= 15 is 0 Å². The molecule has 0 aliphatic carbocycles. The molecule has 14 aromatic rings. The number of nitrogens with zero attached hydrogens (tertiary/aromatic N) is 3. The molecule has 74 heavy (non-hydrogen) atoms. The second-order valence-corrected chi connectivity index (χ2v) is 22.9. The van der Waals surface area contributed by atoms with E-state index in [4.69, 9.17) is 19.4 Å². The summed E-state index contributed by atoms with van der Waals surface area (Å²) in [6.07, 6.45) is 0. The third-order valence-electron chi connectivity index (χ3n) is 14.9. The zero-order valence-corrected chi connectivity index (χ0v) is 41.2. The lowest BCUT2D eigenvalue weighted by molar-refractivity contribution is 0.669. The maximum absolute atomic E-state index is 6.73. The number of aromatic nitrogens is 3. The van der Waals surface area contributed by atoms with Crippen LogP contribution in [-0.2, 0) is 0 Å². The fourth-order valence-corrected chi connectivity index (χ4v) is 16.1. The minimum atomic E-state index is -2.72. The predicted octanol–water partition coefficient (Wildman–Crippen LogP) is 14.9. The zero-order chi connectivity index (χ0) is 49.0. The highest BCUT2D eigenvalue weighted by atomic mass is 28.3. The molecule has 2 aromatic heterocycles. The molecule has 0 N–H and O–H groups in total. The molecule has 14 rings (SSSR count). The van der Waals surface area contributed by atoms with E-state index < -0.39 is 8.07 Å². The molecular formula is C69H45N3OSi. The average Bonchev–Trinajstić information content (AvgIpc) is 3.86. The molecule has 0 aliphatic heterocycles. The Labute approximate surface area is 429 Å². The summed E-state index contributed by atoms with van der Waals surface area (Å²) >= 11 is 0. The fourth-order valence-electron chi connectivity index (χ4n) is 11.3. The molecule has 0 saturated heterocycles. The van der Waals surface area contributed by atoms with Gasteiger partial charge in [0.05, 0.1) is 0 Å². The minimum Gasteiger partial charge on any atom is -0.456 e. The Bertz CT molecular complexity index is 4270. The topological polar surface area (TPSA) is 51.8 Å². The van der Waals surface area contributed by atoms with Crippen molar-refractivity contribution in [3.05, 3.63) is 273 Å². The molecule has 0 radical (unpaired) electrons. The van der Waals surface area contributed by atoms with Crippen LogP contribution in [0.15, 0.2) is 277 Å². The third-order valence-corrected chi connectivity index (χ3v) is 19.7. The van der Waals surface area contributed by atoms with Crippen molar-refractivity contribution in [2.24, 2.45) is 0 Å². The molecule has 0 atom stereocenters. The highest BCUT2D eigenvalue weighted by molar-refractivity contribution is 7.19. The van der Waals surface area contributed by atoms with Crippen LogP contribution in [0.4, 0.5) is 0 Å². The number of benzene rings is 12. The van der Waals surface area contributed by atoms with Crippen LogP contribution in [0.5, 0.6) is 0 Å². The first-order chi connectivity index (χ1) is 36.7. The summed E-state index contributed by atoms with van der Waals surface area (Å²) in [5.41, 5.74) is 8.85. The van der Waals surface area contributed by atoms with Gasteiger partial charge in [0.25, 0.3) is 0 Å². The van der Waals surface area contributed by atoms with Gasteiger partial charge < -0.3 is 4.42 Å². The smallest absolute Gasteiger partial charge is 0.179 e. The highest BCUT2D eigenvalue weighted by Crippen LogP contribution is 2.39. The van der Waals surface area contributed by atoms with Gasteiger partial charge in [-0.05, 0) is 112 Å². The van der Waals surface area contributed by atoms with Crippen molar-refractivity contribution in [1.29, 1.82) is 0 Å². The largest absolute Gasteiger partial charge is 0.456 e. The maximum atomic E-state index is 6.73. The Kier molecular flexibility index (Phi) is 10.5. The molecule has 0 bridgehead atoms. The SMILES string of the molecule is c1ccc(-c2nc(-c3ccc([Si](c4ccccc4)(c4ccccc4)c4ccccc4)cc3)nc(-c3ccc4c(c3)oc3cc(-c5cccc(-c6ccc7c8ccccc8c8ccccc8c7c6)c5)ccc34)n2)cc1. The second-order valence-electron chi connectivity index (χ2n) is 19.1. The molecule has 0 aliphatic rings. The molecule has 4 nitrogen and oxygen atoms in total. The number of hydrogen-bond donors (Lipinski definition) is 0. The first-order valence-corrected chi connectivity index (χ1v) is 27.2. The average molecular weight is 960 g/mol. The van der Waals surface area contributed by atoms with Gasteiger partial charge >= 0.3 is 0 Å². The van der Waals surface area contributed by atoms with E-state index in [-0.39, 0.29) is 0 Å². The lowest BCUT2D eigenvalue weighted by Gasteiger charge is -2.34. The van der Waals surface area contributed by atoms with Gasteiger partial charge in [-0.15, -0.1) is 0 Å². The summed E-state index contributed by atoms with van der Waals surface area (Å²) in [5.74, 6) is 1.79. The van der Waals surface area contributed by atoms with Crippen LogP contribution < -0.4 is 20.7 Å². The Hall–Kier alpha value is -9.55. The van der Waals surface area contributed by atoms with Crippen molar-refractivity contribution < 1.29 is 4.42 Å². The van der Waals surface area contributed by atoms with Crippen LogP contribution in [0.2, 0.25) is 0 Å². The van der Waals surface area contributed by atoms with Crippen molar-refractivity contribution in [1.82, 2.24) is 15.0 Å². The summed E-state index contributed by atoms with van der Waals surface area (Å²) in [6.45, 7) is 0. The van der Waals surface area contributed by atoms with Crippen molar-refractivity contribution in [2.75, 3.05) is 0 Å². The van der Waals surface area contributed by atoms with Crippen LogP contribution >= 0.6 is 0 Å². The summed E-state index contributed by atoms with van der Waals surface area (Å²) in [7, 11) is -2.72. The fraction of sp³-hybridized carbons (Fsp3) is 0. The van der Waals surface area contributed by atoms with Crippen molar-refractivity contribution in [2.45, 2.75) is 0 Å². The van der Waals surface area contributed by atoms with Crippen LogP contribution in [0.25, 0.3) is 111 Å². The van der Waals surface area contributed by atoms with Gasteiger partial charge in [-0.25, -0.2) is 15.0 Å². The predicted molar refractivity (Wildman–Crippen MR) is 310 cm³/mol. The molecule has 12 aromatic carbocycles. The molecule has 0 spiro atoms. The Morgan fingerprint density at radius 1 is 0.216 bits per heavy atom. The van der Waals surface area contributed by atoms with Crippen LogP contribution in [0.1, 0.15) is 0 Å². The maximum Gasteiger partial charge on any atom is 0.179 e. The van der Waals surface area contributed by atoms with Crippen molar-refractivity contribution in [3.63, 3.8) is 0 Å². The van der Waals surface area contributed by atoms with E-state index in [1.54, 1.807) is 0 Å². The second kappa shape index (κ2) is 17.9. The molecule has 2 heterocycles. The van der Waals surface area contributed by atoms with E-state index in [0.717, 1.165) is 49.8 Å². The molecule has 346 valence electrons. The summed E-state index contributed by atoms with van der Waals surface area (Å²) < 4.78 is 6.73. The first kappa shape index (κ1) is 43.3. The van der Waals surface area contributed by atoms with E-state index in [0.29, 0.717) is 17.5 Å². The van der Waals surface area contributed by atoms with Gasteiger partial charge in [-0.2, -0.15) is 0 Å². The van der Waals surface area contributed by atoms with Crippen LogP contribution in [-0.4, -0.2) is 23.0 Å². The molecule has 0 fully saturated rings. The Morgan fingerprint density at radius 3 is 1.05 bits per heavy atom. The number of fused-ring (bicyclic) bond motifs is 9. The number of rotatable bonds is 9. The highest BCUT2D eigenvalue weighted by Gasteiger charge is 2.41. The minimum absolute atomic E-state index is 0.578. The van der Waals surface area contributed by atoms with Gasteiger partial charge in [0.2, 0.25) is 0 Å². The summed E-state index contributed by atoms with van der Waals surface area (Å²) in [6, 6.07) is 98.1. The normalized spacial score (nSPS) is 11.8.